The van der Waals surface area contributed by atoms with Crippen molar-refractivity contribution in [3.8, 4) is 0 Å². The highest BCUT2D eigenvalue weighted by molar-refractivity contribution is 5.79. The van der Waals surface area contributed by atoms with Crippen LogP contribution in [0, 0.1) is 0 Å². The fourth-order valence-corrected chi connectivity index (χ4v) is 2.54. The van der Waals surface area contributed by atoms with Gasteiger partial charge in [-0.05, 0) is 36.7 Å². The summed E-state index contributed by atoms with van der Waals surface area (Å²) < 4.78 is 5.43. The first-order chi connectivity index (χ1) is 11.7. The molecule has 0 spiro atoms. The van der Waals surface area contributed by atoms with Crippen molar-refractivity contribution in [2.24, 2.45) is 4.99 Å². The number of furan rings is 1. The maximum atomic E-state index is 5.43. The Labute approximate surface area is 144 Å². The zero-order chi connectivity index (χ0) is 17.2. The number of guanidine groups is 1. The monoisotopic (exact) mass is 328 g/mol. The molecule has 0 atom stereocenters. The zero-order valence-electron chi connectivity index (χ0n) is 14.9. The van der Waals surface area contributed by atoms with Crippen LogP contribution in [0.1, 0.15) is 30.2 Å². The van der Waals surface area contributed by atoms with Gasteiger partial charge in [-0.2, -0.15) is 0 Å². The molecule has 0 radical (unpaired) electrons. The topological polar surface area (TPSA) is 52.8 Å². The van der Waals surface area contributed by atoms with Crippen LogP contribution in [0.15, 0.2) is 52.1 Å². The minimum Gasteiger partial charge on any atom is -0.468 e. The van der Waals surface area contributed by atoms with E-state index in [1.807, 2.05) is 12.1 Å². The van der Waals surface area contributed by atoms with E-state index in [4.69, 9.17) is 4.42 Å². The Morgan fingerprint density at radius 1 is 1.08 bits per heavy atom. The van der Waals surface area contributed by atoms with Crippen LogP contribution < -0.4 is 10.6 Å². The Morgan fingerprint density at radius 2 is 1.88 bits per heavy atom. The number of benzene rings is 1. The van der Waals surface area contributed by atoms with E-state index < -0.39 is 0 Å². The van der Waals surface area contributed by atoms with Gasteiger partial charge in [0.25, 0.3) is 0 Å². The summed E-state index contributed by atoms with van der Waals surface area (Å²) in [4.78, 5) is 6.50. The van der Waals surface area contributed by atoms with Crippen molar-refractivity contribution in [2.75, 3.05) is 20.6 Å². The quantitative estimate of drug-likeness (QED) is 0.578. The number of nitrogens with one attached hydrogen (secondary N) is 2. The van der Waals surface area contributed by atoms with Gasteiger partial charge in [0, 0.05) is 26.7 Å². The summed E-state index contributed by atoms with van der Waals surface area (Å²) in [5, 5.41) is 6.68. The molecule has 5 heteroatoms. The standard InChI is InChI=1S/C19H28N4O/c1-4-11-21-19(20-2)22-13-16-8-5-6-9-17(16)14-23(3)15-18-10-7-12-24-18/h5-10,12H,4,11,13-15H2,1-3H3,(H2,20,21,22). The van der Waals surface area contributed by atoms with Crippen LogP contribution in [0.2, 0.25) is 0 Å². The van der Waals surface area contributed by atoms with E-state index in [0.29, 0.717) is 0 Å². The number of hydrogen-bond donors (Lipinski definition) is 2. The highest BCUT2D eigenvalue weighted by atomic mass is 16.3. The molecule has 1 aromatic carbocycles. The van der Waals surface area contributed by atoms with E-state index in [0.717, 1.165) is 44.3 Å². The third-order valence-electron chi connectivity index (χ3n) is 3.78. The Morgan fingerprint density at radius 3 is 2.54 bits per heavy atom. The third-order valence-corrected chi connectivity index (χ3v) is 3.78. The van der Waals surface area contributed by atoms with Gasteiger partial charge in [0.1, 0.15) is 5.76 Å². The predicted octanol–water partition coefficient (Wildman–Crippen LogP) is 2.99. The van der Waals surface area contributed by atoms with Crippen molar-refractivity contribution in [2.45, 2.75) is 33.0 Å². The summed E-state index contributed by atoms with van der Waals surface area (Å²) in [6.07, 6.45) is 2.80. The molecule has 0 fully saturated rings. The van der Waals surface area contributed by atoms with E-state index in [-0.39, 0.29) is 0 Å². The van der Waals surface area contributed by atoms with Crippen molar-refractivity contribution in [1.82, 2.24) is 15.5 Å². The maximum Gasteiger partial charge on any atom is 0.191 e. The van der Waals surface area contributed by atoms with Gasteiger partial charge >= 0.3 is 0 Å². The summed E-state index contributed by atoms with van der Waals surface area (Å²) in [6, 6.07) is 12.4. The second-order valence-electron chi connectivity index (χ2n) is 5.87. The molecule has 0 aliphatic heterocycles. The fourth-order valence-electron chi connectivity index (χ4n) is 2.54. The Kier molecular flexibility index (Phi) is 7.36. The highest BCUT2D eigenvalue weighted by Gasteiger charge is 2.08. The summed E-state index contributed by atoms with van der Waals surface area (Å²) in [6.45, 7) is 5.50. The van der Waals surface area contributed by atoms with Crippen LogP contribution in [0.5, 0.6) is 0 Å². The first-order valence-corrected chi connectivity index (χ1v) is 8.45. The lowest BCUT2D eigenvalue weighted by molar-refractivity contribution is 0.287. The molecular weight excluding hydrogens is 300 g/mol. The lowest BCUT2D eigenvalue weighted by Gasteiger charge is -2.19. The summed E-state index contributed by atoms with van der Waals surface area (Å²) in [5.41, 5.74) is 2.59. The molecule has 0 aliphatic carbocycles. The Balaban J connectivity index is 1.94. The number of nitrogens with zero attached hydrogens (tertiary/aromatic N) is 2. The predicted molar refractivity (Wildman–Crippen MR) is 98.8 cm³/mol. The van der Waals surface area contributed by atoms with Crippen molar-refractivity contribution >= 4 is 5.96 Å². The normalized spacial score (nSPS) is 11.8. The molecule has 1 aromatic heterocycles. The van der Waals surface area contributed by atoms with E-state index in [1.54, 1.807) is 13.3 Å². The van der Waals surface area contributed by atoms with Gasteiger partial charge in [0.15, 0.2) is 5.96 Å². The highest BCUT2D eigenvalue weighted by Crippen LogP contribution is 2.13. The number of rotatable bonds is 8. The maximum absolute atomic E-state index is 5.43. The molecule has 2 N–H and O–H groups in total. The van der Waals surface area contributed by atoms with Crippen molar-refractivity contribution in [1.29, 1.82) is 0 Å². The van der Waals surface area contributed by atoms with Gasteiger partial charge in [-0.25, -0.2) is 0 Å². The molecule has 130 valence electrons. The Hall–Kier alpha value is -2.27. The van der Waals surface area contributed by atoms with Crippen LogP contribution in [0.4, 0.5) is 0 Å². The zero-order valence-corrected chi connectivity index (χ0v) is 14.9. The second kappa shape index (κ2) is 9.78. The summed E-state index contributed by atoms with van der Waals surface area (Å²) in [5.74, 6) is 1.83. The molecular formula is C19H28N4O. The number of hydrogen-bond acceptors (Lipinski definition) is 3. The van der Waals surface area contributed by atoms with Crippen molar-refractivity contribution in [3.05, 3.63) is 59.5 Å². The van der Waals surface area contributed by atoms with Gasteiger partial charge < -0.3 is 15.1 Å². The molecule has 0 bridgehead atoms. The molecule has 24 heavy (non-hydrogen) atoms. The molecule has 5 nitrogen and oxygen atoms in total. The molecule has 0 amide bonds. The third kappa shape index (κ3) is 5.74. The Bertz CT molecular complexity index is 622. The summed E-state index contributed by atoms with van der Waals surface area (Å²) in [7, 11) is 3.91. The first kappa shape index (κ1) is 18.1. The van der Waals surface area contributed by atoms with E-state index >= 15 is 0 Å². The molecule has 0 aliphatic rings. The molecule has 0 saturated heterocycles. The lowest BCUT2D eigenvalue weighted by Crippen LogP contribution is -2.37. The smallest absolute Gasteiger partial charge is 0.191 e. The lowest BCUT2D eigenvalue weighted by atomic mass is 10.1. The van der Waals surface area contributed by atoms with Crippen molar-refractivity contribution in [3.63, 3.8) is 0 Å². The summed E-state index contributed by atoms with van der Waals surface area (Å²) >= 11 is 0. The largest absolute Gasteiger partial charge is 0.468 e. The number of aliphatic imine (C=N–C) groups is 1. The first-order valence-electron chi connectivity index (χ1n) is 8.45. The van der Waals surface area contributed by atoms with Gasteiger partial charge in [-0.3, -0.25) is 9.89 Å². The van der Waals surface area contributed by atoms with Crippen LogP contribution in [0.25, 0.3) is 0 Å². The molecule has 2 aromatic rings. The van der Waals surface area contributed by atoms with E-state index in [1.165, 1.54) is 11.1 Å². The van der Waals surface area contributed by atoms with Crippen LogP contribution >= 0.6 is 0 Å². The molecule has 2 rings (SSSR count). The molecule has 0 unspecified atom stereocenters. The van der Waals surface area contributed by atoms with Crippen molar-refractivity contribution < 1.29 is 4.42 Å². The minimum absolute atomic E-state index is 0.758. The van der Waals surface area contributed by atoms with Gasteiger partial charge in [0.05, 0.1) is 12.8 Å². The van der Waals surface area contributed by atoms with Gasteiger partial charge in [-0.1, -0.05) is 31.2 Å². The molecule has 1 heterocycles. The fraction of sp³-hybridized carbons (Fsp3) is 0.421. The van der Waals surface area contributed by atoms with Crippen LogP contribution in [-0.2, 0) is 19.6 Å². The minimum atomic E-state index is 0.758. The van der Waals surface area contributed by atoms with Crippen LogP contribution in [0.3, 0.4) is 0 Å². The average molecular weight is 328 g/mol. The second-order valence-corrected chi connectivity index (χ2v) is 5.87. The SMILES string of the molecule is CCCNC(=NC)NCc1ccccc1CN(C)Cc1ccco1. The van der Waals surface area contributed by atoms with E-state index in [9.17, 15) is 0 Å². The van der Waals surface area contributed by atoms with Gasteiger partial charge in [-0.15, -0.1) is 0 Å². The molecule has 0 saturated carbocycles. The van der Waals surface area contributed by atoms with E-state index in [2.05, 4.69) is 58.8 Å². The van der Waals surface area contributed by atoms with Crippen LogP contribution in [-0.4, -0.2) is 31.5 Å². The van der Waals surface area contributed by atoms with Gasteiger partial charge in [0.2, 0.25) is 0 Å². The average Bonchev–Trinajstić information content (AvgIpc) is 3.09.